The van der Waals surface area contributed by atoms with E-state index in [1.807, 2.05) is 24.3 Å². The van der Waals surface area contributed by atoms with Crippen LogP contribution in [0.4, 0.5) is 0 Å². The summed E-state index contributed by atoms with van der Waals surface area (Å²) in [4.78, 5) is 14.8. The average Bonchev–Trinajstić information content (AvgIpc) is 3.20. The zero-order chi connectivity index (χ0) is 17.1. The van der Waals surface area contributed by atoms with Crippen molar-refractivity contribution >= 4 is 5.91 Å². The lowest BCUT2D eigenvalue weighted by molar-refractivity contribution is 0.0508. The van der Waals surface area contributed by atoms with Gasteiger partial charge in [-0.1, -0.05) is 0 Å². The smallest absolute Gasteiger partial charge is 0.254 e. The highest BCUT2D eigenvalue weighted by Crippen LogP contribution is 2.26. The van der Waals surface area contributed by atoms with Crippen LogP contribution < -0.4 is 0 Å². The molecular formula is C18H20N4O2. The van der Waals surface area contributed by atoms with E-state index in [0.717, 1.165) is 12.0 Å². The Balaban J connectivity index is 1.81. The molecule has 6 heteroatoms. The number of hydrogen-bond acceptors (Lipinski definition) is 4. The van der Waals surface area contributed by atoms with Crippen LogP contribution in [-0.2, 0) is 18.2 Å². The fourth-order valence-electron chi connectivity index (χ4n) is 3.27. The number of rotatable bonds is 4. The van der Waals surface area contributed by atoms with Crippen LogP contribution in [0.2, 0.25) is 0 Å². The Bertz CT molecular complexity index is 760. The van der Waals surface area contributed by atoms with Gasteiger partial charge in [-0.15, -0.1) is 0 Å². The van der Waals surface area contributed by atoms with Gasteiger partial charge >= 0.3 is 0 Å². The maximum absolute atomic E-state index is 12.9. The van der Waals surface area contributed by atoms with E-state index in [1.54, 1.807) is 36.1 Å². The third-order valence-corrected chi connectivity index (χ3v) is 4.51. The van der Waals surface area contributed by atoms with E-state index in [0.29, 0.717) is 24.1 Å². The number of ether oxygens (including phenoxy) is 1. The molecule has 0 bridgehead atoms. The second-order valence-corrected chi connectivity index (χ2v) is 6.04. The molecule has 1 fully saturated rings. The largest absolute Gasteiger partial charge is 0.379 e. The second-order valence-electron chi connectivity index (χ2n) is 6.04. The van der Waals surface area contributed by atoms with Crippen LogP contribution in [-0.4, -0.2) is 46.4 Å². The number of carbonyl (C=O) groups excluding carboxylic acids is 1. The molecule has 0 radical (unpaired) electrons. The van der Waals surface area contributed by atoms with E-state index in [4.69, 9.17) is 10.00 Å². The fourth-order valence-corrected chi connectivity index (χ4v) is 3.27. The van der Waals surface area contributed by atoms with Crippen LogP contribution >= 0.6 is 0 Å². The van der Waals surface area contributed by atoms with Gasteiger partial charge in [0.15, 0.2) is 0 Å². The Morgan fingerprint density at radius 3 is 2.75 bits per heavy atom. The van der Waals surface area contributed by atoms with Crippen LogP contribution in [0.15, 0.2) is 36.7 Å². The topological polar surface area (TPSA) is 71.2 Å². The lowest BCUT2D eigenvalue weighted by atomic mass is 10.0. The molecule has 0 N–H and O–H groups in total. The maximum atomic E-state index is 12.9. The molecule has 24 heavy (non-hydrogen) atoms. The van der Waals surface area contributed by atoms with E-state index in [1.165, 1.54) is 0 Å². The molecule has 1 amide bonds. The molecule has 1 aromatic heterocycles. The first kappa shape index (κ1) is 16.2. The summed E-state index contributed by atoms with van der Waals surface area (Å²) in [6.07, 6.45) is 5.36. The number of aromatic nitrogens is 2. The number of hydrogen-bond donors (Lipinski definition) is 0. The lowest BCUT2D eigenvalue weighted by Crippen LogP contribution is -2.41. The van der Waals surface area contributed by atoms with Gasteiger partial charge in [-0.05, 0) is 42.7 Å². The predicted molar refractivity (Wildman–Crippen MR) is 88.3 cm³/mol. The van der Waals surface area contributed by atoms with Crippen molar-refractivity contribution in [2.75, 3.05) is 13.7 Å². The quantitative estimate of drug-likeness (QED) is 0.859. The van der Waals surface area contributed by atoms with Crippen molar-refractivity contribution in [1.29, 1.82) is 5.26 Å². The van der Waals surface area contributed by atoms with Crippen LogP contribution in [0.25, 0.3) is 0 Å². The highest BCUT2D eigenvalue weighted by molar-refractivity contribution is 5.94. The molecule has 6 nitrogen and oxygen atoms in total. The number of amides is 1. The van der Waals surface area contributed by atoms with Crippen LogP contribution in [0.5, 0.6) is 0 Å². The molecule has 0 saturated carbocycles. The molecule has 3 rings (SSSR count). The molecule has 0 unspecified atom stereocenters. The summed E-state index contributed by atoms with van der Waals surface area (Å²) in [5.41, 5.74) is 2.24. The molecule has 1 aliphatic heterocycles. The Labute approximate surface area is 141 Å². The average molecular weight is 324 g/mol. The van der Waals surface area contributed by atoms with Crippen molar-refractivity contribution in [3.05, 3.63) is 53.3 Å². The minimum atomic E-state index is -0.0204. The first-order chi connectivity index (χ1) is 11.6. The molecule has 2 aromatic rings. The van der Waals surface area contributed by atoms with Gasteiger partial charge in [0.05, 0.1) is 30.0 Å². The van der Waals surface area contributed by atoms with Crippen molar-refractivity contribution in [2.45, 2.75) is 25.0 Å². The normalized spacial score (nSPS) is 20.1. The van der Waals surface area contributed by atoms with Crippen molar-refractivity contribution in [2.24, 2.45) is 7.05 Å². The monoisotopic (exact) mass is 324 g/mol. The second kappa shape index (κ2) is 6.85. The van der Waals surface area contributed by atoms with Gasteiger partial charge in [0, 0.05) is 32.5 Å². The Morgan fingerprint density at radius 1 is 1.42 bits per heavy atom. The summed E-state index contributed by atoms with van der Waals surface area (Å²) in [5.74, 6) is -0.0204. The highest BCUT2D eigenvalue weighted by Gasteiger charge is 2.37. The summed E-state index contributed by atoms with van der Waals surface area (Å²) in [6, 6.07) is 8.83. The fraction of sp³-hybridized carbons (Fsp3) is 0.389. The van der Waals surface area contributed by atoms with E-state index in [9.17, 15) is 4.79 Å². The maximum Gasteiger partial charge on any atom is 0.254 e. The first-order valence-electron chi connectivity index (χ1n) is 7.94. The molecule has 124 valence electrons. The van der Waals surface area contributed by atoms with E-state index < -0.39 is 0 Å². The third-order valence-electron chi connectivity index (χ3n) is 4.51. The molecule has 2 atom stereocenters. The standard InChI is InChI=1S/C18H20N4O2/c1-21-12-14(11-20-21)9-16-17(24-2)7-8-22(16)18(23)15-5-3-13(10-19)4-6-15/h3-6,11-12,16-17H,7-9H2,1-2H3/t16-,17+/m0/s1. The third kappa shape index (κ3) is 3.17. The Hall–Kier alpha value is -2.65. The summed E-state index contributed by atoms with van der Waals surface area (Å²) >= 11 is 0. The summed E-state index contributed by atoms with van der Waals surface area (Å²) < 4.78 is 7.35. The van der Waals surface area contributed by atoms with Crippen molar-refractivity contribution in [3.8, 4) is 6.07 Å². The van der Waals surface area contributed by atoms with Gasteiger partial charge in [-0.2, -0.15) is 10.4 Å². The molecular weight excluding hydrogens is 304 g/mol. The number of carbonyl (C=O) groups is 1. The SMILES string of the molecule is CO[C@@H]1CCN(C(=O)c2ccc(C#N)cc2)[C@H]1Cc1cnn(C)c1. The van der Waals surface area contributed by atoms with Crippen molar-refractivity contribution in [1.82, 2.24) is 14.7 Å². The molecule has 1 aromatic carbocycles. The van der Waals surface area contributed by atoms with Crippen LogP contribution in [0, 0.1) is 11.3 Å². The van der Waals surface area contributed by atoms with Crippen LogP contribution in [0.1, 0.15) is 27.9 Å². The van der Waals surface area contributed by atoms with E-state index in [-0.39, 0.29) is 18.1 Å². The zero-order valence-corrected chi connectivity index (χ0v) is 13.8. The minimum absolute atomic E-state index is 0.0117. The predicted octanol–water partition coefficient (Wildman–Crippen LogP) is 1.76. The summed E-state index contributed by atoms with van der Waals surface area (Å²) in [5, 5.41) is 13.1. The highest BCUT2D eigenvalue weighted by atomic mass is 16.5. The molecule has 0 aliphatic carbocycles. The zero-order valence-electron chi connectivity index (χ0n) is 13.8. The first-order valence-corrected chi connectivity index (χ1v) is 7.94. The van der Waals surface area contributed by atoms with Gasteiger partial charge in [-0.3, -0.25) is 9.48 Å². The molecule has 2 heterocycles. The number of aryl methyl sites for hydroxylation is 1. The number of nitrogens with zero attached hydrogens (tertiary/aromatic N) is 4. The van der Waals surface area contributed by atoms with E-state index >= 15 is 0 Å². The number of benzene rings is 1. The summed E-state index contributed by atoms with van der Waals surface area (Å²) in [7, 11) is 3.57. The molecule has 1 saturated heterocycles. The van der Waals surface area contributed by atoms with Crippen molar-refractivity contribution < 1.29 is 9.53 Å². The summed E-state index contributed by atoms with van der Waals surface area (Å²) in [6.45, 7) is 0.669. The van der Waals surface area contributed by atoms with Gasteiger partial charge in [-0.25, -0.2) is 0 Å². The molecule has 1 aliphatic rings. The lowest BCUT2D eigenvalue weighted by Gasteiger charge is -2.27. The van der Waals surface area contributed by atoms with Gasteiger partial charge in [0.1, 0.15) is 0 Å². The van der Waals surface area contributed by atoms with Gasteiger partial charge in [0.25, 0.3) is 5.91 Å². The minimum Gasteiger partial charge on any atom is -0.379 e. The Morgan fingerprint density at radius 2 is 2.17 bits per heavy atom. The van der Waals surface area contributed by atoms with Crippen LogP contribution in [0.3, 0.4) is 0 Å². The van der Waals surface area contributed by atoms with Gasteiger partial charge in [0.2, 0.25) is 0 Å². The molecule has 0 spiro atoms. The number of methoxy groups -OCH3 is 1. The van der Waals surface area contributed by atoms with Gasteiger partial charge < -0.3 is 9.64 Å². The Kier molecular flexibility index (Phi) is 4.63. The number of likely N-dealkylation sites (tertiary alicyclic amines) is 1. The van der Waals surface area contributed by atoms with E-state index in [2.05, 4.69) is 11.2 Å². The number of nitriles is 1. The van der Waals surface area contributed by atoms with Crippen molar-refractivity contribution in [3.63, 3.8) is 0 Å².